The molecule has 3 aromatic carbocycles. The van der Waals surface area contributed by atoms with Gasteiger partial charge in [0.1, 0.15) is 5.75 Å². The van der Waals surface area contributed by atoms with E-state index in [0.717, 1.165) is 73.7 Å². The van der Waals surface area contributed by atoms with Crippen LogP contribution in [0.2, 0.25) is 0 Å². The minimum Gasteiger partial charge on any atom is -0.457 e. The zero-order valence-corrected chi connectivity index (χ0v) is 33.7. The van der Waals surface area contributed by atoms with Crippen molar-refractivity contribution < 1.29 is 19.0 Å². The third-order valence-corrected chi connectivity index (χ3v) is 11.9. The van der Waals surface area contributed by atoms with Gasteiger partial charge < -0.3 is 14.2 Å². The molecular weight excluding hydrogens is 629 g/mol. The van der Waals surface area contributed by atoms with Crippen molar-refractivity contribution in [2.24, 2.45) is 5.92 Å². The summed E-state index contributed by atoms with van der Waals surface area (Å²) in [5, 5.41) is 0. The summed E-state index contributed by atoms with van der Waals surface area (Å²) >= 11 is 0. The molecule has 0 aromatic heterocycles. The van der Waals surface area contributed by atoms with Gasteiger partial charge in [-0.15, -0.1) is 0 Å². The lowest BCUT2D eigenvalue weighted by Crippen LogP contribution is -2.22. The van der Waals surface area contributed by atoms with Crippen LogP contribution in [0.1, 0.15) is 127 Å². The number of benzene rings is 3. The van der Waals surface area contributed by atoms with Gasteiger partial charge in [-0.25, -0.2) is 4.79 Å². The van der Waals surface area contributed by atoms with Gasteiger partial charge in [-0.3, -0.25) is 0 Å². The van der Waals surface area contributed by atoms with Gasteiger partial charge in [-0.05, 0) is 200 Å². The summed E-state index contributed by atoms with van der Waals surface area (Å²) < 4.78 is 16.7. The lowest BCUT2D eigenvalue weighted by atomic mass is 9.79. The normalized spacial score (nSPS) is 15.4. The Kier molecular flexibility index (Phi) is 12.7. The maximum Gasteiger partial charge on any atom is 0.335 e. The summed E-state index contributed by atoms with van der Waals surface area (Å²) in [5.41, 5.74) is 20.3. The highest BCUT2D eigenvalue weighted by Crippen LogP contribution is 2.35. The van der Waals surface area contributed by atoms with E-state index in [2.05, 4.69) is 99.5 Å². The molecule has 1 aliphatic rings. The largest absolute Gasteiger partial charge is 0.457 e. The van der Waals surface area contributed by atoms with Gasteiger partial charge in [0.15, 0.2) is 0 Å². The highest BCUT2D eigenvalue weighted by molar-refractivity contribution is 5.86. The summed E-state index contributed by atoms with van der Waals surface area (Å²) in [6.07, 6.45) is 6.39. The van der Waals surface area contributed by atoms with Crippen LogP contribution in [0.5, 0.6) is 5.75 Å². The van der Waals surface area contributed by atoms with Gasteiger partial charge in [0, 0.05) is 34.9 Å². The molecular formula is C47H58O4. The van der Waals surface area contributed by atoms with Crippen molar-refractivity contribution in [1.29, 1.82) is 0 Å². The molecule has 0 atom stereocenters. The maximum atomic E-state index is 11.8. The Balaban J connectivity index is 1.67. The second-order valence-electron chi connectivity index (χ2n) is 14.9. The number of hydrogen-bond donors (Lipinski definition) is 0. The number of ether oxygens (including phenoxy) is 3. The van der Waals surface area contributed by atoms with Crippen LogP contribution in [-0.2, 0) is 20.7 Å². The standard InChI is InChI=1S/C47H58O4/c1-26(2)47(48)51-25-50-46-37(13)35(11)44(36(12)38(46)14)23-22-42-29(5)27(3)41(28(4)30(42)6)20-21-43-31(7)33(9)45(34(10)32(43)8)24-39-16-18-40(49-15)19-17-39/h39-40H,1,16-19,24-25H2,2-15H3. The Morgan fingerprint density at radius 1 is 0.588 bits per heavy atom. The van der Waals surface area contributed by atoms with Crippen LogP contribution in [0.15, 0.2) is 12.2 Å². The average Bonchev–Trinajstić information content (AvgIpc) is 3.11. The van der Waals surface area contributed by atoms with Crippen molar-refractivity contribution in [3.8, 4) is 29.4 Å². The van der Waals surface area contributed by atoms with Crippen LogP contribution >= 0.6 is 0 Å². The Labute approximate surface area is 308 Å². The number of rotatable bonds is 7. The number of methoxy groups -OCH3 is 1. The molecule has 1 saturated carbocycles. The quantitative estimate of drug-likeness (QED) is 0.107. The number of carbonyl (C=O) groups is 1. The first-order chi connectivity index (χ1) is 24.0. The average molecular weight is 687 g/mol. The third-order valence-electron chi connectivity index (χ3n) is 11.9. The van der Waals surface area contributed by atoms with Crippen molar-refractivity contribution in [3.63, 3.8) is 0 Å². The van der Waals surface area contributed by atoms with Crippen molar-refractivity contribution in [2.45, 2.75) is 128 Å². The molecule has 0 saturated heterocycles. The molecule has 0 unspecified atom stereocenters. The van der Waals surface area contributed by atoms with Gasteiger partial charge in [-0.2, -0.15) is 0 Å². The molecule has 0 amide bonds. The number of esters is 1. The van der Waals surface area contributed by atoms with Crippen LogP contribution in [0.3, 0.4) is 0 Å². The molecule has 0 aliphatic heterocycles. The van der Waals surface area contributed by atoms with Crippen LogP contribution in [-0.4, -0.2) is 26.0 Å². The molecule has 1 aliphatic carbocycles. The second-order valence-corrected chi connectivity index (χ2v) is 14.9. The summed E-state index contributed by atoms with van der Waals surface area (Å²) in [7, 11) is 1.85. The van der Waals surface area contributed by atoms with Gasteiger partial charge in [0.2, 0.25) is 6.79 Å². The monoisotopic (exact) mass is 686 g/mol. The molecule has 4 heteroatoms. The van der Waals surface area contributed by atoms with Gasteiger partial charge in [0.05, 0.1) is 6.10 Å². The molecule has 1 fully saturated rings. The SMILES string of the molecule is C=C(C)C(=O)OCOc1c(C)c(C)c(C#Cc2c(C)c(C)c(C#Cc3c(C)c(C)c(CC4CCC(OC)CC4)c(C)c3C)c(C)c2C)c(C)c1C. The van der Waals surface area contributed by atoms with E-state index in [0.29, 0.717) is 11.7 Å². The molecule has 0 heterocycles. The fraction of sp³-hybridized carbons (Fsp3) is 0.468. The maximum absolute atomic E-state index is 11.8. The van der Waals surface area contributed by atoms with E-state index in [1.54, 1.807) is 6.92 Å². The van der Waals surface area contributed by atoms with Crippen LogP contribution in [0.4, 0.5) is 0 Å². The fourth-order valence-electron chi connectivity index (χ4n) is 7.63. The summed E-state index contributed by atoms with van der Waals surface area (Å²) in [6.45, 7) is 31.0. The van der Waals surface area contributed by atoms with Gasteiger partial charge in [-0.1, -0.05) is 30.3 Å². The zero-order valence-electron chi connectivity index (χ0n) is 33.7. The Hall–Kier alpha value is -4.25. The van der Waals surface area contributed by atoms with Crippen LogP contribution in [0.25, 0.3) is 0 Å². The minimum atomic E-state index is -0.467. The van der Waals surface area contributed by atoms with Crippen molar-refractivity contribution in [2.75, 3.05) is 13.9 Å². The zero-order chi connectivity index (χ0) is 37.9. The van der Waals surface area contributed by atoms with Gasteiger partial charge in [0.25, 0.3) is 0 Å². The van der Waals surface area contributed by atoms with E-state index in [-0.39, 0.29) is 6.79 Å². The molecule has 0 N–H and O–H groups in total. The van der Waals surface area contributed by atoms with E-state index < -0.39 is 5.97 Å². The third kappa shape index (κ3) is 8.14. The predicted octanol–water partition coefficient (Wildman–Crippen LogP) is 10.4. The van der Waals surface area contributed by atoms with Crippen LogP contribution < -0.4 is 4.74 Å². The van der Waals surface area contributed by atoms with Crippen LogP contribution in [0, 0.1) is 113 Å². The summed E-state index contributed by atoms with van der Waals surface area (Å²) in [6, 6.07) is 0. The Morgan fingerprint density at radius 3 is 1.29 bits per heavy atom. The number of carbonyl (C=O) groups excluding carboxylic acids is 1. The van der Waals surface area contributed by atoms with E-state index in [1.165, 1.54) is 64.6 Å². The van der Waals surface area contributed by atoms with E-state index in [9.17, 15) is 4.79 Å². The first-order valence-corrected chi connectivity index (χ1v) is 18.3. The predicted molar refractivity (Wildman–Crippen MR) is 211 cm³/mol. The van der Waals surface area contributed by atoms with E-state index >= 15 is 0 Å². The molecule has 3 aromatic rings. The molecule has 51 heavy (non-hydrogen) atoms. The van der Waals surface area contributed by atoms with Gasteiger partial charge >= 0.3 is 5.97 Å². The van der Waals surface area contributed by atoms with Crippen molar-refractivity contribution >= 4 is 5.97 Å². The Bertz CT molecular complexity index is 1920. The topological polar surface area (TPSA) is 44.8 Å². The molecule has 270 valence electrons. The summed E-state index contributed by atoms with van der Waals surface area (Å²) in [4.78, 5) is 11.8. The lowest BCUT2D eigenvalue weighted by molar-refractivity contribution is -0.145. The Morgan fingerprint density at radius 2 is 0.941 bits per heavy atom. The summed E-state index contributed by atoms with van der Waals surface area (Å²) in [5.74, 6) is 15.4. The highest BCUT2D eigenvalue weighted by atomic mass is 16.7. The van der Waals surface area contributed by atoms with E-state index in [4.69, 9.17) is 14.2 Å². The lowest BCUT2D eigenvalue weighted by Gasteiger charge is -2.29. The number of hydrogen-bond acceptors (Lipinski definition) is 4. The van der Waals surface area contributed by atoms with E-state index in [1.807, 2.05) is 21.0 Å². The minimum absolute atomic E-state index is 0.163. The van der Waals surface area contributed by atoms with Crippen molar-refractivity contribution in [3.05, 3.63) is 107 Å². The molecule has 4 nitrogen and oxygen atoms in total. The van der Waals surface area contributed by atoms with Crippen molar-refractivity contribution in [1.82, 2.24) is 0 Å². The second kappa shape index (κ2) is 16.4. The smallest absolute Gasteiger partial charge is 0.335 e. The highest BCUT2D eigenvalue weighted by Gasteiger charge is 2.24. The molecule has 4 rings (SSSR count). The fourth-order valence-corrected chi connectivity index (χ4v) is 7.63. The first-order valence-electron chi connectivity index (χ1n) is 18.3. The molecule has 0 bridgehead atoms. The molecule has 0 spiro atoms. The first kappa shape index (κ1) is 39.5. The molecule has 0 radical (unpaired) electrons.